The second-order valence-corrected chi connectivity index (χ2v) is 5.92. The number of hydrogen-bond acceptors (Lipinski definition) is 2. The van der Waals surface area contributed by atoms with Gasteiger partial charge < -0.3 is 0 Å². The lowest BCUT2D eigenvalue weighted by molar-refractivity contribution is -0.137. The predicted octanol–water partition coefficient (Wildman–Crippen LogP) is 5.24. The van der Waals surface area contributed by atoms with Gasteiger partial charge in [-0.05, 0) is 30.3 Å². The number of anilines is 2. The summed E-state index contributed by atoms with van der Waals surface area (Å²) in [5.41, 5.74) is 0.177. The molecule has 0 saturated heterocycles. The lowest BCUT2D eigenvalue weighted by atomic mass is 10.1. The molecule has 0 N–H and O–H groups in total. The van der Waals surface area contributed by atoms with Crippen molar-refractivity contribution in [3.05, 3.63) is 48.0 Å². The number of fused-ring (bicyclic) bond motifs is 2. The van der Waals surface area contributed by atoms with E-state index >= 15 is 0 Å². The Morgan fingerprint density at radius 3 is 2.45 bits per heavy atom. The van der Waals surface area contributed by atoms with Gasteiger partial charge >= 0.3 is 6.18 Å². The van der Waals surface area contributed by atoms with Crippen molar-refractivity contribution >= 4 is 29.0 Å². The van der Waals surface area contributed by atoms with Crippen molar-refractivity contribution in [2.75, 3.05) is 4.90 Å². The molecule has 2 nitrogen and oxygen atoms in total. The number of hydrogen-bond donors (Lipinski definition) is 0. The van der Waals surface area contributed by atoms with Crippen molar-refractivity contribution < 1.29 is 18.0 Å². The van der Waals surface area contributed by atoms with Crippen LogP contribution in [0.2, 0.25) is 0 Å². The van der Waals surface area contributed by atoms with Crippen LogP contribution in [-0.2, 0) is 11.0 Å². The molecule has 2 aromatic rings. The Morgan fingerprint density at radius 1 is 1.09 bits per heavy atom. The van der Waals surface area contributed by atoms with E-state index in [1.807, 2.05) is 12.1 Å². The molecular formula is C16H12F3NOS. The fourth-order valence-electron chi connectivity index (χ4n) is 2.36. The topological polar surface area (TPSA) is 20.3 Å². The third-order valence-electron chi connectivity index (χ3n) is 3.41. The largest absolute Gasteiger partial charge is 0.416 e. The molecule has 0 aromatic heterocycles. The number of nitrogens with zero attached hydrogens (tertiary/aromatic N) is 1. The fourth-order valence-corrected chi connectivity index (χ4v) is 3.40. The third-order valence-corrected chi connectivity index (χ3v) is 4.54. The van der Waals surface area contributed by atoms with E-state index in [0.717, 1.165) is 17.0 Å². The van der Waals surface area contributed by atoms with Crippen molar-refractivity contribution in [3.8, 4) is 0 Å². The van der Waals surface area contributed by atoms with Crippen molar-refractivity contribution in [1.82, 2.24) is 0 Å². The molecule has 114 valence electrons. The average Bonchev–Trinajstić information content (AvgIpc) is 2.50. The van der Waals surface area contributed by atoms with Crippen LogP contribution in [-0.4, -0.2) is 5.91 Å². The Balaban J connectivity index is 2.19. The Bertz CT molecular complexity index is 742. The van der Waals surface area contributed by atoms with Gasteiger partial charge in [0, 0.05) is 16.2 Å². The van der Waals surface area contributed by atoms with Gasteiger partial charge in [0.25, 0.3) is 0 Å². The SMILES string of the molecule is CCC(=O)N1c2ccccc2Sc2ccc(C(F)(F)F)cc21. The highest BCUT2D eigenvalue weighted by Crippen LogP contribution is 2.49. The van der Waals surface area contributed by atoms with Gasteiger partial charge in [0.2, 0.25) is 5.91 Å². The Kier molecular flexibility index (Phi) is 3.64. The van der Waals surface area contributed by atoms with Gasteiger partial charge in [0.15, 0.2) is 0 Å². The zero-order chi connectivity index (χ0) is 15.9. The van der Waals surface area contributed by atoms with Crippen LogP contribution in [0, 0.1) is 0 Å². The van der Waals surface area contributed by atoms with Gasteiger partial charge in [0.1, 0.15) is 0 Å². The zero-order valence-electron chi connectivity index (χ0n) is 11.6. The first-order chi connectivity index (χ1) is 10.4. The maximum atomic E-state index is 13.0. The molecule has 6 heteroatoms. The summed E-state index contributed by atoms with van der Waals surface area (Å²) in [6.45, 7) is 1.69. The molecule has 0 aliphatic carbocycles. The average molecular weight is 323 g/mol. The van der Waals surface area contributed by atoms with Crippen LogP contribution >= 0.6 is 11.8 Å². The van der Waals surface area contributed by atoms with Gasteiger partial charge in [-0.25, -0.2) is 0 Å². The minimum absolute atomic E-state index is 0.217. The molecule has 1 aliphatic rings. The first kappa shape index (κ1) is 15.0. The van der Waals surface area contributed by atoms with Crippen molar-refractivity contribution in [1.29, 1.82) is 0 Å². The fraction of sp³-hybridized carbons (Fsp3) is 0.188. The van der Waals surface area contributed by atoms with Crippen LogP contribution in [0.1, 0.15) is 18.9 Å². The Hall–Kier alpha value is -1.95. The number of carbonyl (C=O) groups is 1. The normalized spacial score (nSPS) is 13.5. The van der Waals surface area contributed by atoms with Gasteiger partial charge in [-0.3, -0.25) is 9.69 Å². The molecular weight excluding hydrogens is 311 g/mol. The lowest BCUT2D eigenvalue weighted by Gasteiger charge is -2.31. The first-order valence-electron chi connectivity index (χ1n) is 6.73. The summed E-state index contributed by atoms with van der Waals surface area (Å²) in [5.74, 6) is -0.228. The van der Waals surface area contributed by atoms with E-state index in [1.54, 1.807) is 19.1 Å². The summed E-state index contributed by atoms with van der Waals surface area (Å²) >= 11 is 1.37. The van der Waals surface area contributed by atoms with Crippen LogP contribution in [0.25, 0.3) is 0 Å². The molecule has 0 atom stereocenters. The van der Waals surface area contributed by atoms with E-state index in [-0.39, 0.29) is 12.3 Å². The van der Waals surface area contributed by atoms with Crippen LogP contribution in [0.3, 0.4) is 0 Å². The first-order valence-corrected chi connectivity index (χ1v) is 7.54. The summed E-state index contributed by atoms with van der Waals surface area (Å²) in [4.78, 5) is 15.2. The number of carbonyl (C=O) groups excluding carboxylic acids is 1. The number of para-hydroxylation sites is 1. The molecule has 3 rings (SSSR count). The van der Waals surface area contributed by atoms with Gasteiger partial charge in [-0.1, -0.05) is 30.8 Å². The predicted molar refractivity (Wildman–Crippen MR) is 79.4 cm³/mol. The molecule has 0 bridgehead atoms. The van der Waals surface area contributed by atoms with E-state index in [0.29, 0.717) is 16.3 Å². The molecule has 1 heterocycles. The molecule has 1 amide bonds. The van der Waals surface area contributed by atoms with E-state index in [1.165, 1.54) is 22.7 Å². The summed E-state index contributed by atoms with van der Waals surface area (Å²) in [7, 11) is 0. The monoisotopic (exact) mass is 323 g/mol. The summed E-state index contributed by atoms with van der Waals surface area (Å²) in [5, 5.41) is 0. The third kappa shape index (κ3) is 2.47. The molecule has 22 heavy (non-hydrogen) atoms. The number of amides is 1. The van der Waals surface area contributed by atoms with Crippen molar-refractivity contribution in [3.63, 3.8) is 0 Å². The van der Waals surface area contributed by atoms with Gasteiger partial charge in [0.05, 0.1) is 16.9 Å². The second-order valence-electron chi connectivity index (χ2n) is 4.83. The van der Waals surface area contributed by atoms with E-state index in [9.17, 15) is 18.0 Å². The van der Waals surface area contributed by atoms with Crippen LogP contribution in [0.5, 0.6) is 0 Å². The summed E-state index contributed by atoms with van der Waals surface area (Å²) in [6.07, 6.45) is -4.22. The van der Waals surface area contributed by atoms with Gasteiger partial charge in [-0.15, -0.1) is 0 Å². The molecule has 0 radical (unpaired) electrons. The molecule has 1 aliphatic heterocycles. The van der Waals surface area contributed by atoms with E-state index in [4.69, 9.17) is 0 Å². The van der Waals surface area contributed by atoms with E-state index < -0.39 is 11.7 Å². The minimum atomic E-state index is -4.43. The summed E-state index contributed by atoms with van der Waals surface area (Å²) < 4.78 is 38.9. The number of halogens is 3. The quantitative estimate of drug-likeness (QED) is 0.715. The number of benzene rings is 2. The summed E-state index contributed by atoms with van der Waals surface area (Å²) in [6, 6.07) is 10.7. The Labute approximate surface area is 129 Å². The zero-order valence-corrected chi connectivity index (χ0v) is 12.5. The van der Waals surface area contributed by atoms with Gasteiger partial charge in [-0.2, -0.15) is 13.2 Å². The maximum Gasteiger partial charge on any atom is 0.416 e. The smallest absolute Gasteiger partial charge is 0.279 e. The van der Waals surface area contributed by atoms with Crippen LogP contribution < -0.4 is 4.90 Å². The molecule has 0 unspecified atom stereocenters. The van der Waals surface area contributed by atoms with Crippen LogP contribution in [0.15, 0.2) is 52.3 Å². The second kappa shape index (κ2) is 5.35. The highest BCUT2D eigenvalue weighted by molar-refractivity contribution is 7.99. The highest BCUT2D eigenvalue weighted by Gasteiger charge is 2.34. The minimum Gasteiger partial charge on any atom is -0.279 e. The van der Waals surface area contributed by atoms with Crippen LogP contribution in [0.4, 0.5) is 24.5 Å². The number of rotatable bonds is 1. The van der Waals surface area contributed by atoms with Crippen molar-refractivity contribution in [2.45, 2.75) is 29.3 Å². The number of alkyl halides is 3. The van der Waals surface area contributed by atoms with E-state index in [2.05, 4.69) is 0 Å². The molecule has 0 fully saturated rings. The van der Waals surface area contributed by atoms with Crippen molar-refractivity contribution in [2.24, 2.45) is 0 Å². The maximum absolute atomic E-state index is 13.0. The Morgan fingerprint density at radius 2 is 1.77 bits per heavy atom. The standard InChI is InChI=1S/C16H12F3NOS/c1-2-15(21)20-11-5-3-4-6-13(11)22-14-8-7-10(9-12(14)20)16(17,18)19/h3-9H,2H2,1H3. The highest BCUT2D eigenvalue weighted by atomic mass is 32.2. The molecule has 2 aromatic carbocycles. The molecule has 0 saturated carbocycles. The lowest BCUT2D eigenvalue weighted by Crippen LogP contribution is -2.28. The molecule has 0 spiro atoms.